The summed E-state index contributed by atoms with van der Waals surface area (Å²) in [7, 11) is 0. The Kier molecular flexibility index (Phi) is 2.87. The van der Waals surface area contributed by atoms with Crippen LogP contribution in [0.15, 0.2) is 42.5 Å². The van der Waals surface area contributed by atoms with E-state index in [4.69, 9.17) is 4.74 Å². The Balaban J connectivity index is 1.66. The molecule has 0 atom stereocenters. The van der Waals surface area contributed by atoms with Crippen LogP contribution in [0.4, 0.5) is 5.69 Å². The maximum Gasteiger partial charge on any atom is 0.119 e. The minimum Gasteiger partial charge on any atom is -0.490 e. The van der Waals surface area contributed by atoms with Crippen molar-refractivity contribution in [3.63, 3.8) is 0 Å². The summed E-state index contributed by atoms with van der Waals surface area (Å²) in [4.78, 5) is 0. The maximum absolute atomic E-state index is 5.81. The van der Waals surface area contributed by atoms with Gasteiger partial charge in [-0.25, -0.2) is 0 Å². The van der Waals surface area contributed by atoms with Gasteiger partial charge in [-0.15, -0.1) is 0 Å². The second kappa shape index (κ2) is 4.86. The van der Waals surface area contributed by atoms with Crippen LogP contribution in [0.2, 0.25) is 0 Å². The minimum absolute atomic E-state index is 0.465. The monoisotopic (exact) mass is 265 g/mol. The van der Waals surface area contributed by atoms with Crippen LogP contribution in [0.25, 0.3) is 11.1 Å². The van der Waals surface area contributed by atoms with Gasteiger partial charge in [-0.05, 0) is 48.9 Å². The Hall–Kier alpha value is -1.96. The summed E-state index contributed by atoms with van der Waals surface area (Å²) in [6.07, 6.45) is 5.28. The highest BCUT2D eigenvalue weighted by Crippen LogP contribution is 2.35. The molecule has 2 nitrogen and oxygen atoms in total. The number of aryl methyl sites for hydroxylation is 1. The number of hydrogen-bond acceptors (Lipinski definition) is 2. The van der Waals surface area contributed by atoms with Gasteiger partial charge in [0, 0.05) is 17.8 Å². The molecule has 0 unspecified atom stereocenters. The van der Waals surface area contributed by atoms with Crippen molar-refractivity contribution in [2.75, 3.05) is 11.9 Å². The zero-order chi connectivity index (χ0) is 13.4. The van der Waals surface area contributed by atoms with Gasteiger partial charge in [0.25, 0.3) is 0 Å². The normalized spacial score (nSPS) is 17.2. The van der Waals surface area contributed by atoms with Gasteiger partial charge in [0.1, 0.15) is 5.75 Å². The Morgan fingerprint density at radius 3 is 2.65 bits per heavy atom. The molecule has 1 aliphatic carbocycles. The molecular formula is C18H19NO. The first kappa shape index (κ1) is 11.8. The van der Waals surface area contributed by atoms with E-state index in [2.05, 4.69) is 47.8 Å². The molecule has 0 spiro atoms. The van der Waals surface area contributed by atoms with Gasteiger partial charge in [-0.1, -0.05) is 30.3 Å². The Morgan fingerprint density at radius 2 is 1.85 bits per heavy atom. The second-order valence-electron chi connectivity index (χ2n) is 5.71. The van der Waals surface area contributed by atoms with E-state index in [1.165, 1.54) is 48.1 Å². The molecule has 2 heteroatoms. The molecule has 0 saturated heterocycles. The van der Waals surface area contributed by atoms with E-state index in [1.807, 2.05) is 0 Å². The molecule has 1 heterocycles. The number of anilines is 1. The van der Waals surface area contributed by atoms with Gasteiger partial charge in [-0.2, -0.15) is 0 Å². The van der Waals surface area contributed by atoms with Crippen LogP contribution in [-0.4, -0.2) is 12.6 Å². The van der Waals surface area contributed by atoms with Gasteiger partial charge in [0.2, 0.25) is 0 Å². The Morgan fingerprint density at radius 1 is 1.00 bits per heavy atom. The molecule has 1 N–H and O–H groups in total. The van der Waals surface area contributed by atoms with Gasteiger partial charge < -0.3 is 10.1 Å². The van der Waals surface area contributed by atoms with Crippen molar-refractivity contribution in [3.8, 4) is 16.9 Å². The number of para-hydroxylation sites is 1. The average molecular weight is 265 g/mol. The summed E-state index contributed by atoms with van der Waals surface area (Å²) >= 11 is 0. The van der Waals surface area contributed by atoms with Crippen molar-refractivity contribution in [1.29, 1.82) is 0 Å². The minimum atomic E-state index is 0.465. The zero-order valence-electron chi connectivity index (χ0n) is 11.6. The van der Waals surface area contributed by atoms with E-state index < -0.39 is 0 Å². The van der Waals surface area contributed by atoms with Crippen molar-refractivity contribution in [1.82, 2.24) is 0 Å². The standard InChI is InChI=1S/C18H19NO/c1-3-14-4-2-12-19-18(14)17(5-1)13-6-8-15(9-7-13)20-16-10-11-16/h1,3,5-9,16,19H,2,4,10-12H2. The first-order valence-electron chi connectivity index (χ1n) is 7.53. The van der Waals surface area contributed by atoms with Gasteiger partial charge >= 0.3 is 0 Å². The largest absolute Gasteiger partial charge is 0.490 e. The molecule has 1 saturated carbocycles. The highest BCUT2D eigenvalue weighted by Gasteiger charge is 2.23. The van der Waals surface area contributed by atoms with Crippen LogP contribution in [0.3, 0.4) is 0 Å². The lowest BCUT2D eigenvalue weighted by Crippen LogP contribution is -2.12. The fourth-order valence-corrected chi connectivity index (χ4v) is 2.84. The van der Waals surface area contributed by atoms with Crippen LogP contribution in [-0.2, 0) is 6.42 Å². The number of benzene rings is 2. The third-order valence-corrected chi connectivity index (χ3v) is 4.07. The van der Waals surface area contributed by atoms with Gasteiger partial charge in [0.05, 0.1) is 6.10 Å². The first-order chi connectivity index (χ1) is 9.90. The van der Waals surface area contributed by atoms with E-state index in [0.717, 1.165) is 12.3 Å². The summed E-state index contributed by atoms with van der Waals surface area (Å²) < 4.78 is 5.81. The summed E-state index contributed by atoms with van der Waals surface area (Å²) in [5.41, 5.74) is 5.32. The summed E-state index contributed by atoms with van der Waals surface area (Å²) in [6.45, 7) is 1.08. The van der Waals surface area contributed by atoms with Crippen molar-refractivity contribution < 1.29 is 4.74 Å². The summed E-state index contributed by atoms with van der Waals surface area (Å²) in [5, 5.41) is 3.56. The van der Waals surface area contributed by atoms with Crippen molar-refractivity contribution in [3.05, 3.63) is 48.0 Å². The van der Waals surface area contributed by atoms with Crippen molar-refractivity contribution in [2.24, 2.45) is 0 Å². The topological polar surface area (TPSA) is 21.3 Å². The maximum atomic E-state index is 5.81. The molecule has 2 aliphatic rings. The number of nitrogens with one attached hydrogen (secondary N) is 1. The molecule has 102 valence electrons. The highest BCUT2D eigenvalue weighted by atomic mass is 16.5. The number of ether oxygens (including phenoxy) is 1. The van der Waals surface area contributed by atoms with E-state index in [9.17, 15) is 0 Å². The lowest BCUT2D eigenvalue weighted by Gasteiger charge is -2.21. The van der Waals surface area contributed by atoms with E-state index in [0.29, 0.717) is 6.10 Å². The zero-order valence-corrected chi connectivity index (χ0v) is 11.6. The van der Waals surface area contributed by atoms with E-state index >= 15 is 0 Å². The predicted octanol–water partition coefficient (Wildman–Crippen LogP) is 4.25. The smallest absolute Gasteiger partial charge is 0.119 e. The predicted molar refractivity (Wildman–Crippen MR) is 82.3 cm³/mol. The lowest BCUT2D eigenvalue weighted by atomic mass is 9.95. The van der Waals surface area contributed by atoms with Crippen LogP contribution in [0.5, 0.6) is 5.75 Å². The molecule has 1 aliphatic heterocycles. The summed E-state index contributed by atoms with van der Waals surface area (Å²) in [5.74, 6) is 0.994. The van der Waals surface area contributed by atoms with Gasteiger partial charge in [-0.3, -0.25) is 0 Å². The molecule has 4 rings (SSSR count). The molecule has 0 aromatic heterocycles. The quantitative estimate of drug-likeness (QED) is 0.895. The molecule has 0 radical (unpaired) electrons. The Labute approximate surface area is 119 Å². The third kappa shape index (κ3) is 2.26. The molecule has 2 aromatic carbocycles. The third-order valence-electron chi connectivity index (χ3n) is 4.07. The van der Waals surface area contributed by atoms with Gasteiger partial charge in [0.15, 0.2) is 0 Å². The van der Waals surface area contributed by atoms with E-state index in [-0.39, 0.29) is 0 Å². The molecular weight excluding hydrogens is 246 g/mol. The average Bonchev–Trinajstić information content (AvgIpc) is 3.32. The number of hydrogen-bond donors (Lipinski definition) is 1. The number of fused-ring (bicyclic) bond motifs is 1. The fourth-order valence-electron chi connectivity index (χ4n) is 2.84. The molecule has 1 fully saturated rings. The fraction of sp³-hybridized carbons (Fsp3) is 0.333. The Bertz CT molecular complexity index is 614. The van der Waals surface area contributed by atoms with Crippen LogP contribution >= 0.6 is 0 Å². The molecule has 20 heavy (non-hydrogen) atoms. The second-order valence-corrected chi connectivity index (χ2v) is 5.71. The highest BCUT2D eigenvalue weighted by molar-refractivity contribution is 5.81. The SMILES string of the molecule is c1cc2c(c(-c3ccc(OC4CC4)cc3)c1)NCCC2. The van der Waals surface area contributed by atoms with Crippen LogP contribution < -0.4 is 10.1 Å². The first-order valence-corrected chi connectivity index (χ1v) is 7.53. The van der Waals surface area contributed by atoms with Crippen LogP contribution in [0.1, 0.15) is 24.8 Å². The molecule has 2 aromatic rings. The lowest BCUT2D eigenvalue weighted by molar-refractivity contribution is 0.303. The molecule has 0 amide bonds. The van der Waals surface area contributed by atoms with Crippen molar-refractivity contribution in [2.45, 2.75) is 31.8 Å². The summed E-state index contributed by atoms with van der Waals surface area (Å²) in [6, 6.07) is 15.1. The van der Waals surface area contributed by atoms with Crippen LogP contribution in [0, 0.1) is 0 Å². The number of rotatable bonds is 3. The van der Waals surface area contributed by atoms with E-state index in [1.54, 1.807) is 0 Å². The van der Waals surface area contributed by atoms with Crippen molar-refractivity contribution >= 4 is 5.69 Å². The molecule has 0 bridgehead atoms.